The normalized spacial score (nSPS) is 11.5. The fourth-order valence-electron chi connectivity index (χ4n) is 3.15. The average molecular weight is 415 g/mol. The second-order valence-corrected chi connectivity index (χ2v) is 7.42. The van der Waals surface area contributed by atoms with Gasteiger partial charge in [-0.05, 0) is 68.3 Å². The number of rotatable bonds is 8. The van der Waals surface area contributed by atoms with Gasteiger partial charge in [0.15, 0.2) is 0 Å². The van der Waals surface area contributed by atoms with Gasteiger partial charge in [-0.1, -0.05) is 6.92 Å². The molecular weight excluding hydrogens is 383 g/mol. The number of carbonyl (C=O) groups is 2. The molecular formula is C23H31FN4O2. The van der Waals surface area contributed by atoms with Crippen LogP contribution in [0.5, 0.6) is 0 Å². The molecule has 0 spiro atoms. The van der Waals surface area contributed by atoms with E-state index in [-0.39, 0.29) is 23.8 Å². The molecule has 0 aliphatic heterocycles. The Kier molecular flexibility index (Phi) is 8.21. The largest absolute Gasteiger partial charge is 0.377 e. The predicted molar refractivity (Wildman–Crippen MR) is 119 cm³/mol. The van der Waals surface area contributed by atoms with Gasteiger partial charge in [0.2, 0.25) is 0 Å². The van der Waals surface area contributed by atoms with E-state index in [1.54, 1.807) is 4.90 Å². The second kappa shape index (κ2) is 10.6. The maximum atomic E-state index is 13.3. The fraction of sp³-hybridized carbons (Fsp3) is 0.391. The van der Waals surface area contributed by atoms with Crippen LogP contribution in [0.15, 0.2) is 42.5 Å². The van der Waals surface area contributed by atoms with Crippen LogP contribution < -0.4 is 15.5 Å². The van der Waals surface area contributed by atoms with Gasteiger partial charge in [-0.25, -0.2) is 9.18 Å². The summed E-state index contributed by atoms with van der Waals surface area (Å²) in [7, 11) is 3.87. The van der Waals surface area contributed by atoms with E-state index >= 15 is 0 Å². The number of nitrogens with one attached hydrogen (secondary N) is 2. The number of carbonyl (C=O) groups excluding carboxylic acids is 2. The van der Waals surface area contributed by atoms with Gasteiger partial charge in [-0.3, -0.25) is 4.79 Å². The molecule has 0 aromatic heterocycles. The molecule has 162 valence electrons. The van der Waals surface area contributed by atoms with Crippen LogP contribution in [-0.2, 0) is 6.54 Å². The molecule has 1 unspecified atom stereocenters. The van der Waals surface area contributed by atoms with Gasteiger partial charge in [-0.2, -0.15) is 0 Å². The molecule has 2 N–H and O–H groups in total. The quantitative estimate of drug-likeness (QED) is 0.670. The van der Waals surface area contributed by atoms with Crippen LogP contribution in [0.3, 0.4) is 0 Å². The number of benzene rings is 2. The molecule has 0 aliphatic carbocycles. The maximum absolute atomic E-state index is 13.3. The molecule has 0 saturated carbocycles. The number of anilines is 2. The van der Waals surface area contributed by atoms with Crippen LogP contribution >= 0.6 is 0 Å². The van der Waals surface area contributed by atoms with E-state index in [4.69, 9.17) is 0 Å². The molecule has 6 nitrogen and oxygen atoms in total. The Morgan fingerprint density at radius 1 is 1.07 bits per heavy atom. The van der Waals surface area contributed by atoms with Crippen molar-refractivity contribution in [2.24, 2.45) is 0 Å². The Hall–Kier alpha value is -3.09. The summed E-state index contributed by atoms with van der Waals surface area (Å²) in [5.41, 5.74) is 2.96. The zero-order valence-electron chi connectivity index (χ0n) is 18.3. The third-order valence-corrected chi connectivity index (χ3v) is 4.97. The van der Waals surface area contributed by atoms with Gasteiger partial charge in [-0.15, -0.1) is 0 Å². The average Bonchev–Trinajstić information content (AvgIpc) is 2.71. The number of halogens is 1. The highest BCUT2D eigenvalue weighted by Crippen LogP contribution is 2.26. The van der Waals surface area contributed by atoms with E-state index < -0.39 is 0 Å². The smallest absolute Gasteiger partial charge is 0.319 e. The Balaban J connectivity index is 2.38. The molecule has 0 fully saturated rings. The van der Waals surface area contributed by atoms with Crippen LogP contribution in [0.25, 0.3) is 0 Å². The van der Waals surface area contributed by atoms with Crippen LogP contribution in [-0.4, -0.2) is 43.5 Å². The van der Waals surface area contributed by atoms with E-state index in [0.717, 1.165) is 17.7 Å². The van der Waals surface area contributed by atoms with Gasteiger partial charge in [0.25, 0.3) is 5.91 Å². The SMILES string of the molecule is CCNC(=O)Nc1ccc(N(C)C)c(CN(C(=O)c2ccc(F)cc2)C(C)CC)c1. The van der Waals surface area contributed by atoms with Crippen molar-refractivity contribution in [3.8, 4) is 0 Å². The van der Waals surface area contributed by atoms with Gasteiger partial charge < -0.3 is 20.4 Å². The van der Waals surface area contributed by atoms with E-state index in [1.807, 2.05) is 58.0 Å². The number of amides is 3. The zero-order chi connectivity index (χ0) is 22.3. The summed E-state index contributed by atoms with van der Waals surface area (Å²) in [6.07, 6.45) is 0.779. The molecule has 30 heavy (non-hydrogen) atoms. The lowest BCUT2D eigenvalue weighted by atomic mass is 10.1. The third kappa shape index (κ3) is 5.95. The van der Waals surface area contributed by atoms with E-state index in [1.165, 1.54) is 24.3 Å². The van der Waals surface area contributed by atoms with E-state index in [9.17, 15) is 14.0 Å². The monoisotopic (exact) mass is 414 g/mol. The van der Waals surface area contributed by atoms with Gasteiger partial charge in [0.1, 0.15) is 5.82 Å². The third-order valence-electron chi connectivity index (χ3n) is 4.97. The highest BCUT2D eigenvalue weighted by molar-refractivity contribution is 5.94. The standard InChI is InChI=1S/C23H31FN4O2/c1-6-16(3)28(22(29)17-8-10-19(24)11-9-17)15-18-14-20(26-23(30)25-7-2)12-13-21(18)27(4)5/h8-14,16H,6-7,15H2,1-5H3,(H2,25,26,30). The van der Waals surface area contributed by atoms with Crippen molar-refractivity contribution >= 4 is 23.3 Å². The van der Waals surface area contributed by atoms with Crippen molar-refractivity contribution in [3.05, 3.63) is 59.4 Å². The van der Waals surface area contributed by atoms with Crippen molar-refractivity contribution in [1.82, 2.24) is 10.2 Å². The molecule has 0 saturated heterocycles. The van der Waals surface area contributed by atoms with Crippen molar-refractivity contribution in [1.29, 1.82) is 0 Å². The van der Waals surface area contributed by atoms with Gasteiger partial charge >= 0.3 is 6.03 Å². The predicted octanol–water partition coefficient (Wildman–Crippen LogP) is 4.47. The minimum atomic E-state index is -0.374. The first-order valence-electron chi connectivity index (χ1n) is 10.2. The maximum Gasteiger partial charge on any atom is 0.319 e. The number of urea groups is 1. The summed E-state index contributed by atoms with van der Waals surface area (Å²) in [5.74, 6) is -0.531. The molecule has 0 heterocycles. The minimum Gasteiger partial charge on any atom is -0.377 e. The molecule has 0 radical (unpaired) electrons. The first kappa shape index (κ1) is 23.2. The topological polar surface area (TPSA) is 64.7 Å². The summed E-state index contributed by atoms with van der Waals surface area (Å²) < 4.78 is 13.3. The minimum absolute atomic E-state index is 0.0161. The first-order chi connectivity index (χ1) is 14.3. The highest BCUT2D eigenvalue weighted by Gasteiger charge is 2.22. The molecule has 3 amide bonds. The molecule has 2 aromatic rings. The van der Waals surface area contributed by atoms with Crippen molar-refractivity contribution in [2.75, 3.05) is 30.9 Å². The Morgan fingerprint density at radius 3 is 2.30 bits per heavy atom. The first-order valence-corrected chi connectivity index (χ1v) is 10.2. The van der Waals surface area contributed by atoms with Gasteiger partial charge in [0.05, 0.1) is 0 Å². The summed E-state index contributed by atoms with van der Waals surface area (Å²) in [6.45, 7) is 6.76. The van der Waals surface area contributed by atoms with Gasteiger partial charge in [0, 0.05) is 50.2 Å². The summed E-state index contributed by atoms with van der Waals surface area (Å²) in [5, 5.41) is 5.53. The van der Waals surface area contributed by atoms with Crippen molar-refractivity contribution in [3.63, 3.8) is 0 Å². The molecule has 2 aromatic carbocycles. The number of hydrogen-bond donors (Lipinski definition) is 2. The summed E-state index contributed by atoms with van der Waals surface area (Å²) in [6, 6.07) is 11.0. The number of nitrogens with zero attached hydrogens (tertiary/aromatic N) is 2. The fourth-order valence-corrected chi connectivity index (χ4v) is 3.15. The Labute approximate surface area is 178 Å². The highest BCUT2D eigenvalue weighted by atomic mass is 19.1. The summed E-state index contributed by atoms with van der Waals surface area (Å²) >= 11 is 0. The Bertz CT molecular complexity index is 868. The molecule has 1 atom stereocenters. The van der Waals surface area contributed by atoms with Crippen molar-refractivity contribution in [2.45, 2.75) is 39.8 Å². The van der Waals surface area contributed by atoms with Crippen molar-refractivity contribution < 1.29 is 14.0 Å². The zero-order valence-corrected chi connectivity index (χ0v) is 18.3. The van der Waals surface area contributed by atoms with Crippen LogP contribution in [0, 0.1) is 5.82 Å². The van der Waals surface area contributed by atoms with Crippen LogP contribution in [0.1, 0.15) is 43.1 Å². The molecule has 0 aliphatic rings. The summed E-state index contributed by atoms with van der Waals surface area (Å²) in [4.78, 5) is 28.9. The molecule has 2 rings (SSSR count). The second-order valence-electron chi connectivity index (χ2n) is 7.42. The van der Waals surface area contributed by atoms with E-state index in [0.29, 0.717) is 24.3 Å². The lowest BCUT2D eigenvalue weighted by molar-refractivity contribution is 0.0672. The lowest BCUT2D eigenvalue weighted by Crippen LogP contribution is -2.38. The molecule has 7 heteroatoms. The number of hydrogen-bond acceptors (Lipinski definition) is 3. The van der Waals surface area contributed by atoms with E-state index in [2.05, 4.69) is 10.6 Å². The van der Waals surface area contributed by atoms with Crippen LogP contribution in [0.4, 0.5) is 20.6 Å². The van der Waals surface area contributed by atoms with Crippen LogP contribution in [0.2, 0.25) is 0 Å². The Morgan fingerprint density at radius 2 is 1.73 bits per heavy atom. The lowest BCUT2D eigenvalue weighted by Gasteiger charge is -2.31. The molecule has 0 bridgehead atoms.